The highest BCUT2D eigenvalue weighted by atomic mass is 32.2. The van der Waals surface area contributed by atoms with Crippen molar-refractivity contribution in [1.82, 2.24) is 0 Å². The third-order valence-electron chi connectivity index (χ3n) is 1.94. The SMILES string of the molecule is CCO[P@@](=O)(CC)CS(=O)(=O)C(C)C. The molecule has 0 unspecified atom stereocenters. The van der Waals surface area contributed by atoms with Crippen molar-refractivity contribution in [3.8, 4) is 0 Å². The lowest BCUT2D eigenvalue weighted by Gasteiger charge is -2.17. The van der Waals surface area contributed by atoms with Crippen LogP contribution in [-0.2, 0) is 18.9 Å². The molecule has 0 saturated carbocycles. The molecule has 0 N–H and O–H groups in total. The van der Waals surface area contributed by atoms with Crippen LogP contribution in [0.5, 0.6) is 0 Å². The van der Waals surface area contributed by atoms with Gasteiger partial charge >= 0.3 is 0 Å². The molecule has 0 aromatic carbocycles. The first kappa shape index (κ1) is 14.1. The van der Waals surface area contributed by atoms with E-state index in [1.807, 2.05) is 0 Å². The van der Waals surface area contributed by atoms with Gasteiger partial charge in [0.25, 0.3) is 0 Å². The molecule has 0 heterocycles. The van der Waals surface area contributed by atoms with E-state index in [0.717, 1.165) is 0 Å². The van der Waals surface area contributed by atoms with E-state index < -0.39 is 22.5 Å². The molecule has 0 amide bonds. The van der Waals surface area contributed by atoms with Gasteiger partial charge in [0, 0.05) is 6.16 Å². The summed E-state index contributed by atoms with van der Waals surface area (Å²) in [6, 6.07) is 0. The highest BCUT2D eigenvalue weighted by Crippen LogP contribution is 2.47. The standard InChI is InChI=1S/C8H19O4PS/c1-5-12-13(9,6-2)7-14(10,11)8(3)4/h8H,5-7H2,1-4H3/t13-/m0/s1. The molecule has 0 aromatic rings. The summed E-state index contributed by atoms with van der Waals surface area (Å²) < 4.78 is 40.0. The summed E-state index contributed by atoms with van der Waals surface area (Å²) in [5, 5.41) is -0.497. The van der Waals surface area contributed by atoms with Crippen LogP contribution in [0, 0.1) is 0 Å². The minimum absolute atomic E-state index is 0.271. The van der Waals surface area contributed by atoms with Crippen LogP contribution in [0.2, 0.25) is 0 Å². The number of hydrogen-bond acceptors (Lipinski definition) is 4. The van der Waals surface area contributed by atoms with Gasteiger partial charge in [0.2, 0.25) is 7.37 Å². The maximum absolute atomic E-state index is 11.9. The van der Waals surface area contributed by atoms with Crippen molar-refractivity contribution in [3.05, 3.63) is 0 Å². The third kappa shape index (κ3) is 4.11. The maximum atomic E-state index is 11.9. The van der Waals surface area contributed by atoms with E-state index in [4.69, 9.17) is 4.52 Å². The molecule has 4 nitrogen and oxygen atoms in total. The summed E-state index contributed by atoms with van der Waals surface area (Å²) in [4.78, 5) is 0. The van der Waals surface area contributed by atoms with E-state index in [0.29, 0.717) is 6.61 Å². The number of hydrogen-bond donors (Lipinski definition) is 0. The van der Waals surface area contributed by atoms with Gasteiger partial charge in [-0.25, -0.2) is 8.42 Å². The molecule has 0 bridgehead atoms. The molecule has 0 aliphatic heterocycles. The average Bonchev–Trinajstić information content (AvgIpc) is 2.03. The first-order valence-electron chi connectivity index (χ1n) is 4.71. The largest absolute Gasteiger partial charge is 0.328 e. The molecule has 0 spiro atoms. The zero-order valence-corrected chi connectivity index (χ0v) is 10.9. The Bertz CT molecular complexity index is 307. The Morgan fingerprint density at radius 3 is 2.07 bits per heavy atom. The van der Waals surface area contributed by atoms with Gasteiger partial charge in [-0.3, -0.25) is 4.57 Å². The van der Waals surface area contributed by atoms with Crippen molar-refractivity contribution in [2.45, 2.75) is 32.9 Å². The summed E-state index contributed by atoms with van der Waals surface area (Å²) in [6.07, 6.45) is 0.271. The molecule has 0 aromatic heterocycles. The molecule has 0 radical (unpaired) electrons. The van der Waals surface area contributed by atoms with Gasteiger partial charge in [-0.15, -0.1) is 0 Å². The van der Waals surface area contributed by atoms with Crippen LogP contribution < -0.4 is 0 Å². The Morgan fingerprint density at radius 2 is 1.79 bits per heavy atom. The van der Waals surface area contributed by atoms with Crippen molar-refractivity contribution in [2.75, 3.05) is 18.3 Å². The van der Waals surface area contributed by atoms with Crippen LogP contribution >= 0.6 is 7.37 Å². The Hall–Kier alpha value is 0.140. The summed E-state index contributed by atoms with van der Waals surface area (Å²) in [5.74, 6) is 0. The molecule has 1 atom stereocenters. The van der Waals surface area contributed by atoms with E-state index in [1.165, 1.54) is 0 Å². The first-order valence-corrected chi connectivity index (χ1v) is 8.42. The van der Waals surface area contributed by atoms with E-state index >= 15 is 0 Å². The molecule has 0 aliphatic rings. The Morgan fingerprint density at radius 1 is 1.29 bits per heavy atom. The number of sulfone groups is 1. The predicted molar refractivity (Wildman–Crippen MR) is 58.7 cm³/mol. The zero-order chi connectivity index (χ0) is 11.4. The molecule has 0 fully saturated rings. The topological polar surface area (TPSA) is 60.4 Å². The highest BCUT2D eigenvalue weighted by molar-refractivity contribution is 7.98. The van der Waals surface area contributed by atoms with E-state index in [2.05, 4.69) is 0 Å². The Labute approximate surface area is 86.4 Å². The third-order valence-corrected chi connectivity index (χ3v) is 8.08. The van der Waals surface area contributed by atoms with Crippen LogP contribution in [0.3, 0.4) is 0 Å². The Balaban J connectivity index is 4.72. The summed E-state index contributed by atoms with van der Waals surface area (Å²) >= 11 is 0. The lowest BCUT2D eigenvalue weighted by atomic mass is 10.6. The molecule has 14 heavy (non-hydrogen) atoms. The fourth-order valence-electron chi connectivity index (χ4n) is 0.878. The van der Waals surface area contributed by atoms with Crippen LogP contribution in [0.1, 0.15) is 27.7 Å². The summed E-state index contributed by atoms with van der Waals surface area (Å²) in [5.41, 5.74) is -0.331. The molecule has 0 rings (SSSR count). The van der Waals surface area contributed by atoms with Gasteiger partial charge in [-0.2, -0.15) is 0 Å². The predicted octanol–water partition coefficient (Wildman–Crippen LogP) is 2.10. The molecule has 0 aliphatic carbocycles. The second-order valence-corrected chi connectivity index (χ2v) is 9.21. The summed E-state index contributed by atoms with van der Waals surface area (Å²) in [7, 11) is -6.24. The van der Waals surface area contributed by atoms with Gasteiger partial charge in [-0.05, 0) is 20.8 Å². The smallest absolute Gasteiger partial charge is 0.217 e. The van der Waals surface area contributed by atoms with E-state index in [-0.39, 0.29) is 11.7 Å². The maximum Gasteiger partial charge on any atom is 0.217 e. The van der Waals surface area contributed by atoms with Crippen molar-refractivity contribution in [1.29, 1.82) is 0 Å². The lowest BCUT2D eigenvalue weighted by Crippen LogP contribution is -2.19. The van der Waals surface area contributed by atoms with Crippen LogP contribution in [-0.4, -0.2) is 31.9 Å². The lowest BCUT2D eigenvalue weighted by molar-refractivity contribution is 0.336. The van der Waals surface area contributed by atoms with Crippen LogP contribution in [0.15, 0.2) is 0 Å². The van der Waals surface area contributed by atoms with Crippen LogP contribution in [0.4, 0.5) is 0 Å². The minimum atomic E-state index is -3.28. The Kier molecular flexibility index (Phi) is 5.34. The average molecular weight is 242 g/mol. The van der Waals surface area contributed by atoms with Crippen molar-refractivity contribution in [2.24, 2.45) is 0 Å². The molecular formula is C8H19O4PS. The molecular weight excluding hydrogens is 223 g/mol. The first-order chi connectivity index (χ1) is 6.27. The van der Waals surface area contributed by atoms with Gasteiger partial charge in [-0.1, -0.05) is 6.92 Å². The minimum Gasteiger partial charge on any atom is -0.328 e. The zero-order valence-electron chi connectivity index (χ0n) is 9.19. The molecule has 0 saturated heterocycles. The fraction of sp³-hybridized carbons (Fsp3) is 1.00. The fourth-order valence-corrected chi connectivity index (χ4v) is 5.95. The van der Waals surface area contributed by atoms with Gasteiger partial charge in [0.1, 0.15) is 5.49 Å². The van der Waals surface area contributed by atoms with E-state index in [1.54, 1.807) is 27.7 Å². The van der Waals surface area contributed by atoms with Crippen molar-refractivity contribution >= 4 is 17.2 Å². The quantitative estimate of drug-likeness (QED) is 0.669. The van der Waals surface area contributed by atoms with Crippen LogP contribution in [0.25, 0.3) is 0 Å². The van der Waals surface area contributed by atoms with Gasteiger partial charge in [0.05, 0.1) is 11.9 Å². The highest BCUT2D eigenvalue weighted by Gasteiger charge is 2.30. The second-order valence-electron chi connectivity index (χ2n) is 3.39. The van der Waals surface area contributed by atoms with E-state index in [9.17, 15) is 13.0 Å². The van der Waals surface area contributed by atoms with Gasteiger partial charge < -0.3 is 4.52 Å². The molecule has 86 valence electrons. The normalized spacial score (nSPS) is 16.9. The van der Waals surface area contributed by atoms with Crippen molar-refractivity contribution in [3.63, 3.8) is 0 Å². The summed E-state index contributed by atoms with van der Waals surface area (Å²) in [6.45, 7) is 6.86. The number of rotatable bonds is 6. The second kappa shape index (κ2) is 5.29. The molecule has 6 heteroatoms. The van der Waals surface area contributed by atoms with Crippen molar-refractivity contribution < 1.29 is 17.5 Å². The van der Waals surface area contributed by atoms with Gasteiger partial charge in [0.15, 0.2) is 9.84 Å². The monoisotopic (exact) mass is 242 g/mol.